The van der Waals surface area contributed by atoms with Crippen molar-refractivity contribution in [2.75, 3.05) is 27.9 Å². The molecule has 13 nitrogen and oxygen atoms in total. The van der Waals surface area contributed by atoms with Crippen LogP contribution in [0.2, 0.25) is 0 Å². The number of esters is 1. The maximum Gasteiger partial charge on any atom is 0.329 e. The summed E-state index contributed by atoms with van der Waals surface area (Å²) in [6.45, 7) is 7.79. The van der Waals surface area contributed by atoms with Gasteiger partial charge in [-0.25, -0.2) is 4.79 Å². The van der Waals surface area contributed by atoms with Crippen molar-refractivity contribution in [3.05, 3.63) is 47.6 Å². The minimum absolute atomic E-state index is 0.0559. The smallest absolute Gasteiger partial charge is 0.329 e. The number of cyclic esters (lactones) is 1. The summed E-state index contributed by atoms with van der Waals surface area (Å²) in [5.74, 6) is -3.56. The molecule has 344 valence electrons. The lowest BCUT2D eigenvalue weighted by atomic mass is 9.78. The van der Waals surface area contributed by atoms with Gasteiger partial charge in [-0.3, -0.25) is 14.4 Å². The monoisotopic (exact) mass is 858 g/mol. The molecular formula is C48H75NO12. The standard InChI is InChI=1S/C48H75NO12/c1-31-16-12-10-8-9-11-13-18-40(52)46(59-7)45(54)32(2)19-22-36(50)28-42(33(3)26-35-21-24-39(51)43(27-35)58-6)60-47(55)38-17-14-15-25-49(38)44(53)30-48(56)34(4)20-23-37(61-48)29-41(31)57-5/h8-10,12,16,19,33-35,37-39,41-43,45-46,51,54,56H,11,13-15,17-18,20-30H2,1-7H3/b9-8+,12-10?,31-16?,32-19+/t33-,34-,35+,37+,38+,39-,41+,42+,43-,45-,46+,48+/m1/s1. The first-order chi connectivity index (χ1) is 29.1. The highest BCUT2D eigenvalue weighted by atomic mass is 16.6. The average Bonchev–Trinajstić information content (AvgIpc) is 3.24. The third-order valence-electron chi connectivity index (χ3n) is 13.5. The minimum atomic E-state index is -1.74. The largest absolute Gasteiger partial charge is 0.460 e. The number of ketones is 2. The number of aliphatic hydroxyl groups is 3. The molecule has 2 saturated heterocycles. The molecule has 4 rings (SSSR count). The second-order valence-electron chi connectivity index (χ2n) is 18.1. The van der Waals surface area contributed by atoms with Crippen LogP contribution in [-0.2, 0) is 42.9 Å². The van der Waals surface area contributed by atoms with Gasteiger partial charge in [-0.15, -0.1) is 0 Å². The van der Waals surface area contributed by atoms with Gasteiger partial charge in [-0.2, -0.15) is 0 Å². The van der Waals surface area contributed by atoms with E-state index in [2.05, 4.69) is 0 Å². The number of hydrogen-bond donors (Lipinski definition) is 3. The number of piperidine rings is 1. The van der Waals surface area contributed by atoms with Gasteiger partial charge in [0.05, 0.1) is 30.8 Å². The van der Waals surface area contributed by atoms with E-state index in [0.717, 1.165) is 12.0 Å². The summed E-state index contributed by atoms with van der Waals surface area (Å²) in [6, 6.07) is -0.891. The number of nitrogens with zero attached hydrogens (tertiary/aromatic N) is 1. The first-order valence-corrected chi connectivity index (χ1v) is 22.7. The Hall–Kier alpha value is -3.04. The molecule has 3 heterocycles. The highest BCUT2D eigenvalue weighted by Crippen LogP contribution is 2.38. The molecule has 1 saturated carbocycles. The number of hydrogen-bond acceptors (Lipinski definition) is 12. The summed E-state index contributed by atoms with van der Waals surface area (Å²) < 4.78 is 29.5. The van der Waals surface area contributed by atoms with E-state index >= 15 is 0 Å². The van der Waals surface area contributed by atoms with Crippen LogP contribution in [0.4, 0.5) is 0 Å². The van der Waals surface area contributed by atoms with Crippen molar-refractivity contribution in [3.8, 4) is 0 Å². The summed E-state index contributed by atoms with van der Waals surface area (Å²) in [7, 11) is 4.61. The maximum atomic E-state index is 14.2. The zero-order valence-electron chi connectivity index (χ0n) is 37.8. The van der Waals surface area contributed by atoms with Crippen LogP contribution in [0.15, 0.2) is 47.6 Å². The third-order valence-corrected chi connectivity index (χ3v) is 13.5. The molecule has 3 N–H and O–H groups in total. The number of carbonyl (C=O) groups is 4. The van der Waals surface area contributed by atoms with Crippen molar-refractivity contribution in [2.24, 2.45) is 17.8 Å². The molecule has 3 aliphatic heterocycles. The maximum absolute atomic E-state index is 14.2. The van der Waals surface area contributed by atoms with Crippen LogP contribution in [0.5, 0.6) is 0 Å². The van der Waals surface area contributed by atoms with Crippen molar-refractivity contribution in [3.63, 3.8) is 0 Å². The summed E-state index contributed by atoms with van der Waals surface area (Å²) in [5, 5.41) is 33.5. The highest BCUT2D eigenvalue weighted by Gasteiger charge is 2.46. The number of amides is 1. The van der Waals surface area contributed by atoms with E-state index in [-0.39, 0.29) is 73.3 Å². The van der Waals surface area contributed by atoms with Crippen LogP contribution in [0.25, 0.3) is 0 Å². The molecule has 13 heteroatoms. The van der Waals surface area contributed by atoms with Gasteiger partial charge >= 0.3 is 5.97 Å². The van der Waals surface area contributed by atoms with Crippen molar-refractivity contribution in [1.29, 1.82) is 0 Å². The summed E-state index contributed by atoms with van der Waals surface area (Å²) in [4.78, 5) is 56.7. The molecule has 3 fully saturated rings. The Morgan fingerprint density at radius 2 is 1.67 bits per heavy atom. The summed E-state index contributed by atoms with van der Waals surface area (Å²) >= 11 is 0. The highest BCUT2D eigenvalue weighted by molar-refractivity contribution is 5.86. The molecule has 0 unspecified atom stereocenters. The second-order valence-corrected chi connectivity index (χ2v) is 18.1. The fourth-order valence-electron chi connectivity index (χ4n) is 9.40. The molecule has 0 radical (unpaired) electrons. The molecule has 0 aromatic carbocycles. The van der Waals surface area contributed by atoms with Gasteiger partial charge < -0.3 is 43.9 Å². The van der Waals surface area contributed by atoms with Gasteiger partial charge in [0.25, 0.3) is 0 Å². The lowest BCUT2D eigenvalue weighted by Crippen LogP contribution is -2.54. The molecule has 2 bridgehead atoms. The Labute approximate surface area is 363 Å². The second kappa shape index (κ2) is 24.7. The first-order valence-electron chi connectivity index (χ1n) is 22.7. The van der Waals surface area contributed by atoms with E-state index in [1.807, 2.05) is 51.2 Å². The molecule has 1 aliphatic carbocycles. The number of rotatable bonds is 6. The minimum Gasteiger partial charge on any atom is -0.460 e. The number of carbonyl (C=O) groups excluding carboxylic acids is 4. The first kappa shape index (κ1) is 50.6. The number of aliphatic hydroxyl groups excluding tert-OH is 2. The molecule has 1 amide bonds. The van der Waals surface area contributed by atoms with Crippen LogP contribution in [0.3, 0.4) is 0 Å². The van der Waals surface area contributed by atoms with E-state index in [1.165, 1.54) is 12.0 Å². The van der Waals surface area contributed by atoms with Crippen molar-refractivity contribution < 1.29 is 58.2 Å². The van der Waals surface area contributed by atoms with Gasteiger partial charge in [0.1, 0.15) is 30.1 Å². The Morgan fingerprint density at radius 3 is 2.39 bits per heavy atom. The van der Waals surface area contributed by atoms with Crippen LogP contribution in [-0.4, -0.2) is 126 Å². The predicted octanol–water partition coefficient (Wildman–Crippen LogP) is 6.26. The van der Waals surface area contributed by atoms with Gasteiger partial charge in [-0.05, 0) is 107 Å². The number of Topliss-reactive ketones (excluding diaryl/α,β-unsaturated/α-hetero) is 2. The van der Waals surface area contributed by atoms with Gasteiger partial charge in [0, 0.05) is 59.5 Å². The third kappa shape index (κ3) is 14.8. The lowest BCUT2D eigenvalue weighted by molar-refractivity contribution is -0.284. The Balaban J connectivity index is 1.61. The molecule has 61 heavy (non-hydrogen) atoms. The SMILES string of the molecule is CO[C@H]1C[C@@H]2CC[C@@H](C)[C@](O)(CC(=O)N3CCCC[C@H]3C(=O)O[C@H]([C@H](C)C[C@@H]3CC[C@@H](O)[C@H](OC)C3)CC(=O)C/C=C(\C)[C@@H](O)[C@@H](OC)C(=O)CCC/C=C/C=CC=C1C)O2. The molecule has 0 spiro atoms. The fraction of sp³-hybridized carbons (Fsp3) is 0.750. The van der Waals surface area contributed by atoms with Crippen molar-refractivity contribution >= 4 is 23.4 Å². The predicted molar refractivity (Wildman–Crippen MR) is 231 cm³/mol. The van der Waals surface area contributed by atoms with Crippen LogP contribution in [0.1, 0.15) is 130 Å². The van der Waals surface area contributed by atoms with E-state index in [0.29, 0.717) is 82.7 Å². The average molecular weight is 858 g/mol. The number of fused-ring (bicyclic) bond motifs is 3. The van der Waals surface area contributed by atoms with E-state index in [9.17, 15) is 34.5 Å². The Kier molecular flexibility index (Phi) is 20.5. The number of allylic oxidation sites excluding steroid dienone is 6. The van der Waals surface area contributed by atoms with Crippen LogP contribution >= 0.6 is 0 Å². The molecular weight excluding hydrogens is 783 g/mol. The van der Waals surface area contributed by atoms with Gasteiger partial charge in [0.15, 0.2) is 11.6 Å². The molecule has 12 atom stereocenters. The Morgan fingerprint density at radius 1 is 0.902 bits per heavy atom. The van der Waals surface area contributed by atoms with Gasteiger partial charge in [-0.1, -0.05) is 50.3 Å². The summed E-state index contributed by atoms with van der Waals surface area (Å²) in [6.07, 6.45) is 13.8. The normalized spacial score (nSPS) is 37.2. The topological polar surface area (TPSA) is 178 Å². The van der Waals surface area contributed by atoms with Gasteiger partial charge in [0.2, 0.25) is 5.91 Å². The van der Waals surface area contributed by atoms with E-state index < -0.39 is 48.1 Å². The van der Waals surface area contributed by atoms with Crippen molar-refractivity contribution in [2.45, 2.75) is 185 Å². The van der Waals surface area contributed by atoms with Crippen LogP contribution < -0.4 is 0 Å². The lowest BCUT2D eigenvalue weighted by Gasteiger charge is -2.44. The van der Waals surface area contributed by atoms with E-state index in [4.69, 9.17) is 23.7 Å². The molecule has 0 aromatic heterocycles. The van der Waals surface area contributed by atoms with Crippen LogP contribution in [0, 0.1) is 17.8 Å². The zero-order valence-corrected chi connectivity index (χ0v) is 37.8. The quantitative estimate of drug-likeness (QED) is 0.202. The zero-order chi connectivity index (χ0) is 44.7. The Bertz CT molecular complexity index is 1570. The number of methoxy groups -OCH3 is 3. The number of ether oxygens (including phenoxy) is 5. The van der Waals surface area contributed by atoms with E-state index in [1.54, 1.807) is 27.2 Å². The fourth-order valence-corrected chi connectivity index (χ4v) is 9.40. The summed E-state index contributed by atoms with van der Waals surface area (Å²) in [5.41, 5.74) is 1.40. The molecule has 4 aliphatic rings. The molecule has 0 aromatic rings. The van der Waals surface area contributed by atoms with Crippen molar-refractivity contribution in [1.82, 2.24) is 4.90 Å².